The molecule has 8 nitrogen and oxygen atoms in total. The second-order valence-corrected chi connectivity index (χ2v) is 7.19. The number of nitro groups is 1. The number of nitro benzene ring substituents is 1. The first-order valence-corrected chi connectivity index (χ1v) is 9.94. The maximum absolute atomic E-state index is 12.8. The van der Waals surface area contributed by atoms with Gasteiger partial charge in [-0.2, -0.15) is 0 Å². The number of rotatable bonds is 7. The first kappa shape index (κ1) is 20.9. The zero-order valence-corrected chi connectivity index (χ0v) is 16.9. The third kappa shape index (κ3) is 4.11. The van der Waals surface area contributed by atoms with Crippen LogP contribution in [0.1, 0.15) is 44.7 Å². The summed E-state index contributed by atoms with van der Waals surface area (Å²) in [5.41, 5.74) is 1.57. The lowest BCUT2D eigenvalue weighted by Gasteiger charge is -2.18. The predicted octanol–water partition coefficient (Wildman–Crippen LogP) is 4.17. The van der Waals surface area contributed by atoms with Gasteiger partial charge in [0.15, 0.2) is 17.3 Å². The number of benzene rings is 3. The number of amides is 1. The molecule has 0 bridgehead atoms. The number of para-hydroxylation sites is 2. The van der Waals surface area contributed by atoms with Crippen molar-refractivity contribution in [1.29, 1.82) is 0 Å². The van der Waals surface area contributed by atoms with E-state index in [4.69, 9.17) is 4.74 Å². The standard InChI is InChI=1S/C24H18N2O6/c27-22(10-5-13-32-21-9-4-3-8-20(21)26(30)31)25-15-11-12-18-19(14-15)24(29)17-7-2-1-6-16(17)23(18)28/h1-4,6-9,11-12,14H,5,10,13H2,(H,25,27). The second kappa shape index (κ2) is 8.81. The Morgan fingerprint density at radius 2 is 1.50 bits per heavy atom. The van der Waals surface area contributed by atoms with E-state index in [2.05, 4.69) is 5.32 Å². The third-order valence-corrected chi connectivity index (χ3v) is 5.08. The van der Waals surface area contributed by atoms with Crippen LogP contribution in [0.15, 0.2) is 66.7 Å². The van der Waals surface area contributed by atoms with Gasteiger partial charge in [-0.15, -0.1) is 0 Å². The van der Waals surface area contributed by atoms with E-state index >= 15 is 0 Å². The quantitative estimate of drug-likeness (QED) is 0.267. The number of anilines is 1. The van der Waals surface area contributed by atoms with Crippen LogP contribution in [0, 0.1) is 10.1 Å². The minimum absolute atomic E-state index is 0.118. The summed E-state index contributed by atoms with van der Waals surface area (Å²) in [5.74, 6) is -0.633. The maximum Gasteiger partial charge on any atom is 0.310 e. The highest BCUT2D eigenvalue weighted by atomic mass is 16.6. The molecule has 0 radical (unpaired) electrons. The Labute approximate surface area is 183 Å². The lowest BCUT2D eigenvalue weighted by atomic mass is 9.84. The van der Waals surface area contributed by atoms with E-state index in [0.717, 1.165) is 0 Å². The van der Waals surface area contributed by atoms with Crippen molar-refractivity contribution in [1.82, 2.24) is 0 Å². The predicted molar refractivity (Wildman–Crippen MR) is 116 cm³/mol. The van der Waals surface area contributed by atoms with Crippen molar-refractivity contribution in [2.45, 2.75) is 12.8 Å². The van der Waals surface area contributed by atoms with Crippen molar-refractivity contribution >= 4 is 28.8 Å². The summed E-state index contributed by atoms with van der Waals surface area (Å²) in [6.07, 6.45) is 0.459. The fraction of sp³-hybridized carbons (Fsp3) is 0.125. The van der Waals surface area contributed by atoms with Gasteiger partial charge < -0.3 is 10.1 Å². The Kier molecular flexibility index (Phi) is 5.76. The van der Waals surface area contributed by atoms with Gasteiger partial charge in [-0.25, -0.2) is 0 Å². The zero-order valence-electron chi connectivity index (χ0n) is 16.9. The molecule has 4 rings (SSSR count). The smallest absolute Gasteiger partial charge is 0.310 e. The average Bonchev–Trinajstić information content (AvgIpc) is 2.80. The number of ether oxygens (including phenoxy) is 1. The van der Waals surface area contributed by atoms with Crippen LogP contribution in [0.4, 0.5) is 11.4 Å². The van der Waals surface area contributed by atoms with Gasteiger partial charge in [0.05, 0.1) is 11.5 Å². The van der Waals surface area contributed by atoms with E-state index in [1.165, 1.54) is 18.2 Å². The molecule has 3 aromatic carbocycles. The number of carbonyl (C=O) groups is 3. The highest BCUT2D eigenvalue weighted by Crippen LogP contribution is 2.29. The number of nitrogens with zero attached hydrogens (tertiary/aromatic N) is 1. The molecule has 0 aliphatic heterocycles. The Morgan fingerprint density at radius 3 is 2.22 bits per heavy atom. The molecule has 1 aliphatic rings. The topological polar surface area (TPSA) is 116 Å². The van der Waals surface area contributed by atoms with Crippen molar-refractivity contribution in [3.63, 3.8) is 0 Å². The number of ketones is 2. The summed E-state index contributed by atoms with van der Waals surface area (Å²) >= 11 is 0. The molecular weight excluding hydrogens is 412 g/mol. The van der Waals surface area contributed by atoms with Crippen LogP contribution in [0.2, 0.25) is 0 Å². The third-order valence-electron chi connectivity index (χ3n) is 5.08. The van der Waals surface area contributed by atoms with E-state index < -0.39 is 4.92 Å². The number of fused-ring (bicyclic) bond motifs is 2. The largest absolute Gasteiger partial charge is 0.487 e. The highest BCUT2D eigenvalue weighted by molar-refractivity contribution is 6.28. The van der Waals surface area contributed by atoms with Gasteiger partial charge in [-0.1, -0.05) is 36.4 Å². The maximum atomic E-state index is 12.8. The summed E-state index contributed by atoms with van der Waals surface area (Å²) in [6.45, 7) is 0.131. The monoisotopic (exact) mass is 430 g/mol. The Bertz CT molecular complexity index is 1250. The summed E-state index contributed by atoms with van der Waals surface area (Å²) in [6, 6.07) is 17.3. The minimum atomic E-state index is -0.525. The van der Waals surface area contributed by atoms with E-state index in [1.807, 2.05) is 0 Å². The Hall–Kier alpha value is -4.33. The molecule has 0 saturated carbocycles. The first-order valence-electron chi connectivity index (χ1n) is 9.94. The Morgan fingerprint density at radius 1 is 0.875 bits per heavy atom. The van der Waals surface area contributed by atoms with Gasteiger partial charge in [0.1, 0.15) is 0 Å². The number of hydrogen-bond donors (Lipinski definition) is 1. The molecule has 0 aromatic heterocycles. The summed E-state index contributed by atoms with van der Waals surface area (Å²) in [7, 11) is 0. The lowest BCUT2D eigenvalue weighted by molar-refractivity contribution is -0.385. The fourth-order valence-corrected chi connectivity index (χ4v) is 3.55. The second-order valence-electron chi connectivity index (χ2n) is 7.19. The molecule has 1 amide bonds. The molecular formula is C24H18N2O6. The van der Waals surface area contributed by atoms with Crippen LogP contribution in [-0.4, -0.2) is 29.0 Å². The van der Waals surface area contributed by atoms with Gasteiger partial charge in [0.25, 0.3) is 0 Å². The van der Waals surface area contributed by atoms with Crippen LogP contribution >= 0.6 is 0 Å². The molecule has 0 saturated heterocycles. The number of carbonyl (C=O) groups excluding carboxylic acids is 3. The summed E-state index contributed by atoms with van der Waals surface area (Å²) in [5, 5.41) is 13.7. The van der Waals surface area contributed by atoms with Gasteiger partial charge in [-0.05, 0) is 30.7 Å². The first-order chi connectivity index (χ1) is 15.5. The van der Waals surface area contributed by atoms with Crippen LogP contribution in [0.5, 0.6) is 5.75 Å². The molecule has 0 fully saturated rings. The van der Waals surface area contributed by atoms with Crippen LogP contribution in [0.25, 0.3) is 0 Å². The molecule has 0 heterocycles. The number of hydrogen-bond acceptors (Lipinski definition) is 6. The SMILES string of the molecule is O=C(CCCOc1ccccc1[N+](=O)[O-])Nc1ccc2c(c1)C(=O)c1ccccc1C2=O. The van der Waals surface area contributed by atoms with E-state index in [9.17, 15) is 24.5 Å². The fourth-order valence-electron chi connectivity index (χ4n) is 3.55. The summed E-state index contributed by atoms with van der Waals surface area (Å²) < 4.78 is 5.43. The van der Waals surface area contributed by atoms with E-state index in [0.29, 0.717) is 28.8 Å². The van der Waals surface area contributed by atoms with Gasteiger partial charge in [0.2, 0.25) is 5.91 Å². The molecule has 0 unspecified atom stereocenters. The van der Waals surface area contributed by atoms with Crippen molar-refractivity contribution in [2.75, 3.05) is 11.9 Å². The molecule has 1 N–H and O–H groups in total. The highest BCUT2D eigenvalue weighted by Gasteiger charge is 2.29. The van der Waals surface area contributed by atoms with E-state index in [-0.39, 0.29) is 47.5 Å². The van der Waals surface area contributed by atoms with Gasteiger partial charge in [0, 0.05) is 40.4 Å². The van der Waals surface area contributed by atoms with Crippen LogP contribution in [0.3, 0.4) is 0 Å². The minimum Gasteiger partial charge on any atom is -0.487 e. The van der Waals surface area contributed by atoms with Crippen molar-refractivity contribution < 1.29 is 24.0 Å². The van der Waals surface area contributed by atoms with Crippen molar-refractivity contribution in [2.24, 2.45) is 0 Å². The molecule has 32 heavy (non-hydrogen) atoms. The zero-order chi connectivity index (χ0) is 22.7. The molecule has 3 aromatic rings. The van der Waals surface area contributed by atoms with Crippen molar-refractivity contribution in [3.8, 4) is 5.75 Å². The summed E-state index contributed by atoms with van der Waals surface area (Å²) in [4.78, 5) is 48.2. The van der Waals surface area contributed by atoms with Crippen LogP contribution < -0.4 is 10.1 Å². The number of nitrogens with one attached hydrogen (secondary N) is 1. The molecule has 8 heteroatoms. The molecule has 1 aliphatic carbocycles. The van der Waals surface area contributed by atoms with Gasteiger partial charge in [-0.3, -0.25) is 24.5 Å². The molecule has 0 spiro atoms. The van der Waals surface area contributed by atoms with Crippen LogP contribution in [-0.2, 0) is 4.79 Å². The van der Waals surface area contributed by atoms with E-state index in [1.54, 1.807) is 48.5 Å². The average molecular weight is 430 g/mol. The van der Waals surface area contributed by atoms with Gasteiger partial charge >= 0.3 is 5.69 Å². The van der Waals surface area contributed by atoms with Crippen molar-refractivity contribution in [3.05, 3.63) is 99.1 Å². The lowest BCUT2D eigenvalue weighted by Crippen LogP contribution is -2.21. The Balaban J connectivity index is 1.36. The molecule has 160 valence electrons. The normalized spacial score (nSPS) is 12.0. The molecule has 0 atom stereocenters.